The molecular weight excluding hydrogens is 471 g/mol. The molecule has 1 amide bonds. The Balaban J connectivity index is 1.33. The van der Waals surface area contributed by atoms with Crippen LogP contribution in [0.1, 0.15) is 29.4 Å². The average Bonchev–Trinajstić information content (AvgIpc) is 3.53. The highest BCUT2D eigenvalue weighted by atomic mass is 32.1. The number of anilines is 1. The largest absolute Gasteiger partial charge is 0.411 e. The van der Waals surface area contributed by atoms with E-state index >= 15 is 0 Å². The lowest BCUT2D eigenvalue weighted by atomic mass is 9.89. The Hall–Kier alpha value is -3.58. The summed E-state index contributed by atoms with van der Waals surface area (Å²) in [5.41, 5.74) is 2.46. The van der Waals surface area contributed by atoms with E-state index in [1.165, 1.54) is 11.3 Å². The van der Waals surface area contributed by atoms with Gasteiger partial charge in [0.15, 0.2) is 0 Å². The van der Waals surface area contributed by atoms with E-state index in [4.69, 9.17) is 4.74 Å². The van der Waals surface area contributed by atoms with Crippen LogP contribution in [0.2, 0.25) is 0 Å². The first-order valence-electron chi connectivity index (χ1n) is 10.3. The number of carbonyl (C=O) groups excluding carboxylic acids is 1. The first-order chi connectivity index (χ1) is 16.4. The number of halogens is 3. The van der Waals surface area contributed by atoms with E-state index in [0.717, 1.165) is 5.56 Å². The molecule has 4 aromatic rings. The Morgan fingerprint density at radius 3 is 2.88 bits per heavy atom. The molecule has 0 aromatic carbocycles. The second kappa shape index (κ2) is 8.99. The van der Waals surface area contributed by atoms with Gasteiger partial charge in [-0.2, -0.15) is 23.4 Å². The van der Waals surface area contributed by atoms with E-state index in [-0.39, 0.29) is 11.7 Å². The van der Waals surface area contributed by atoms with E-state index in [1.54, 1.807) is 53.0 Å². The molecule has 0 spiro atoms. The summed E-state index contributed by atoms with van der Waals surface area (Å²) < 4.78 is 43.7. The fourth-order valence-corrected chi connectivity index (χ4v) is 4.31. The van der Waals surface area contributed by atoms with Crippen molar-refractivity contribution in [2.75, 3.05) is 11.9 Å². The molecule has 0 aliphatic heterocycles. The van der Waals surface area contributed by atoms with Gasteiger partial charge in [0.25, 0.3) is 5.91 Å². The molecule has 34 heavy (non-hydrogen) atoms. The van der Waals surface area contributed by atoms with Crippen molar-refractivity contribution in [3.8, 4) is 22.0 Å². The van der Waals surface area contributed by atoms with E-state index < -0.39 is 24.8 Å². The lowest BCUT2D eigenvalue weighted by Gasteiger charge is -2.35. The number of aromatic nitrogens is 6. The minimum atomic E-state index is -4.35. The highest BCUT2D eigenvalue weighted by molar-refractivity contribution is 7.13. The van der Waals surface area contributed by atoms with Gasteiger partial charge in [-0.15, -0.1) is 11.3 Å². The van der Waals surface area contributed by atoms with Gasteiger partial charge in [0.05, 0.1) is 29.7 Å². The third-order valence-corrected chi connectivity index (χ3v) is 6.19. The number of ether oxygens (including phenoxy) is 1. The highest BCUT2D eigenvalue weighted by Crippen LogP contribution is 2.37. The summed E-state index contributed by atoms with van der Waals surface area (Å²) in [5.74, 6) is -0.414. The summed E-state index contributed by atoms with van der Waals surface area (Å²) in [6, 6.07) is 5.19. The quantitative estimate of drug-likeness (QED) is 0.400. The maximum atomic E-state index is 12.9. The Labute approximate surface area is 195 Å². The number of aromatic amines is 1. The zero-order chi connectivity index (χ0) is 23.7. The molecule has 176 valence electrons. The van der Waals surface area contributed by atoms with Crippen molar-refractivity contribution < 1.29 is 22.7 Å². The fourth-order valence-electron chi connectivity index (χ4n) is 3.53. The molecule has 1 fully saturated rings. The minimum absolute atomic E-state index is 0.140. The Morgan fingerprint density at radius 1 is 1.32 bits per heavy atom. The summed E-state index contributed by atoms with van der Waals surface area (Å²) in [6.45, 7) is -1.27. The van der Waals surface area contributed by atoms with Crippen LogP contribution in [0.15, 0.2) is 48.4 Å². The number of H-pyrrole nitrogens is 1. The van der Waals surface area contributed by atoms with Crippen LogP contribution < -0.4 is 5.32 Å². The van der Waals surface area contributed by atoms with Crippen molar-refractivity contribution in [1.29, 1.82) is 0 Å². The lowest BCUT2D eigenvalue weighted by Crippen LogP contribution is -2.36. The van der Waals surface area contributed by atoms with Crippen molar-refractivity contribution in [1.82, 2.24) is 29.9 Å². The highest BCUT2D eigenvalue weighted by Gasteiger charge is 2.36. The van der Waals surface area contributed by atoms with Crippen LogP contribution in [0.3, 0.4) is 0 Å². The van der Waals surface area contributed by atoms with Crippen molar-refractivity contribution in [3.05, 3.63) is 54.1 Å². The number of amides is 1. The molecule has 1 aliphatic carbocycles. The first kappa shape index (κ1) is 22.2. The number of carbonyl (C=O) groups is 1. The summed E-state index contributed by atoms with van der Waals surface area (Å²) in [5, 5.41) is 16.3. The van der Waals surface area contributed by atoms with Gasteiger partial charge in [0.2, 0.25) is 0 Å². The summed E-state index contributed by atoms with van der Waals surface area (Å²) in [4.78, 5) is 21.6. The topological polar surface area (TPSA) is 111 Å². The van der Waals surface area contributed by atoms with Crippen molar-refractivity contribution in [2.45, 2.75) is 31.2 Å². The van der Waals surface area contributed by atoms with Gasteiger partial charge in [0, 0.05) is 29.5 Å². The summed E-state index contributed by atoms with van der Waals surface area (Å²) in [7, 11) is 0. The molecule has 5 rings (SSSR count). The number of hydrogen-bond donors (Lipinski definition) is 2. The SMILES string of the molecule is O=C(Nc1cn([C@H]2C[C@@H](OCC(F)(F)F)C2)nc1-c1ccccn1)c1csc(-c2cn[nH]c2)n1. The van der Waals surface area contributed by atoms with Gasteiger partial charge in [0.1, 0.15) is 23.0 Å². The van der Waals surface area contributed by atoms with Crippen LogP contribution in [-0.2, 0) is 4.74 Å². The molecule has 0 saturated heterocycles. The van der Waals surface area contributed by atoms with Crippen molar-refractivity contribution in [2.24, 2.45) is 0 Å². The lowest BCUT2D eigenvalue weighted by molar-refractivity contribution is -0.196. The zero-order valence-electron chi connectivity index (χ0n) is 17.5. The predicted octanol–water partition coefficient (Wildman–Crippen LogP) is 4.33. The Bertz CT molecular complexity index is 1270. The van der Waals surface area contributed by atoms with E-state index in [9.17, 15) is 18.0 Å². The van der Waals surface area contributed by atoms with Crippen LogP contribution >= 0.6 is 11.3 Å². The third-order valence-electron chi connectivity index (χ3n) is 5.30. The number of nitrogens with zero attached hydrogens (tertiary/aromatic N) is 5. The second-order valence-electron chi connectivity index (χ2n) is 7.74. The van der Waals surface area contributed by atoms with Crippen LogP contribution in [0, 0.1) is 0 Å². The van der Waals surface area contributed by atoms with E-state index in [2.05, 4.69) is 30.6 Å². The maximum Gasteiger partial charge on any atom is 0.411 e. The summed E-state index contributed by atoms with van der Waals surface area (Å²) in [6.07, 6.45) is 2.54. The molecule has 4 aromatic heterocycles. The average molecular weight is 489 g/mol. The molecular formula is C21H18F3N7O2S. The second-order valence-corrected chi connectivity index (χ2v) is 8.60. The van der Waals surface area contributed by atoms with Gasteiger partial charge in [-0.25, -0.2) is 4.98 Å². The smallest absolute Gasteiger partial charge is 0.369 e. The van der Waals surface area contributed by atoms with Gasteiger partial charge < -0.3 is 10.1 Å². The van der Waals surface area contributed by atoms with Crippen molar-refractivity contribution >= 4 is 22.9 Å². The predicted molar refractivity (Wildman–Crippen MR) is 117 cm³/mol. The first-order valence-corrected chi connectivity index (χ1v) is 11.2. The van der Waals surface area contributed by atoms with Gasteiger partial charge in [-0.05, 0) is 25.0 Å². The van der Waals surface area contributed by atoms with Gasteiger partial charge in [-0.1, -0.05) is 6.07 Å². The normalized spacial score (nSPS) is 18.0. The molecule has 0 unspecified atom stereocenters. The standard InChI is InChI=1S/C21H18F3N7O2S/c22-21(23,24)11-33-14-5-13(6-14)31-9-16(18(30-31)15-3-1-2-4-25-15)28-19(32)17-10-34-20(29-17)12-7-26-27-8-12/h1-4,7-10,13-14H,5-6,11H2,(H,26,27)(H,28,32)/t13-,14+. The number of pyridine rings is 1. The van der Waals surface area contributed by atoms with Crippen LogP contribution in [0.5, 0.6) is 0 Å². The number of alkyl halides is 3. The van der Waals surface area contributed by atoms with Crippen molar-refractivity contribution in [3.63, 3.8) is 0 Å². The number of hydrogen-bond acceptors (Lipinski definition) is 7. The number of nitrogens with one attached hydrogen (secondary N) is 2. The molecule has 0 radical (unpaired) electrons. The molecule has 0 atom stereocenters. The zero-order valence-corrected chi connectivity index (χ0v) is 18.3. The van der Waals surface area contributed by atoms with Gasteiger partial charge in [-0.3, -0.25) is 19.6 Å². The van der Waals surface area contributed by atoms with Gasteiger partial charge >= 0.3 is 6.18 Å². The van der Waals surface area contributed by atoms with Crippen LogP contribution in [0.4, 0.5) is 18.9 Å². The Morgan fingerprint density at radius 2 is 2.18 bits per heavy atom. The number of thiazole rings is 1. The van der Waals surface area contributed by atoms with Crippen LogP contribution in [-0.4, -0.2) is 54.7 Å². The maximum absolute atomic E-state index is 12.9. The fraction of sp³-hybridized carbons (Fsp3) is 0.286. The molecule has 1 saturated carbocycles. The number of rotatable bonds is 7. The molecule has 0 bridgehead atoms. The molecule has 4 heterocycles. The molecule has 2 N–H and O–H groups in total. The Kier molecular flexibility index (Phi) is 5.87. The third kappa shape index (κ3) is 4.84. The van der Waals surface area contributed by atoms with Crippen LogP contribution in [0.25, 0.3) is 22.0 Å². The van der Waals surface area contributed by atoms with E-state index in [1.807, 2.05) is 0 Å². The molecule has 9 nitrogen and oxygen atoms in total. The summed E-state index contributed by atoms with van der Waals surface area (Å²) >= 11 is 1.32. The molecule has 1 aliphatic rings. The molecule has 13 heteroatoms. The van der Waals surface area contributed by atoms with E-state index in [0.29, 0.717) is 34.9 Å². The monoisotopic (exact) mass is 489 g/mol. The minimum Gasteiger partial charge on any atom is -0.369 e.